The molecule has 5 N–H and O–H groups in total. The van der Waals surface area contributed by atoms with Crippen molar-refractivity contribution < 1.29 is 39.3 Å². The van der Waals surface area contributed by atoms with E-state index in [0.717, 1.165) is 6.08 Å². The number of aliphatic carboxylic acids is 2. The van der Waals surface area contributed by atoms with Gasteiger partial charge in [-0.15, -0.1) is 0 Å². The molecule has 1 aromatic rings. The summed E-state index contributed by atoms with van der Waals surface area (Å²) < 4.78 is 0. The average Bonchev–Trinajstić information content (AvgIpc) is 2.67. The fourth-order valence-electron chi connectivity index (χ4n) is 0.520. The van der Waals surface area contributed by atoms with Gasteiger partial charge in [0.15, 0.2) is 0 Å². The van der Waals surface area contributed by atoms with E-state index in [0.29, 0.717) is 5.69 Å². The summed E-state index contributed by atoms with van der Waals surface area (Å²) in [6, 6.07) is -0.731. The van der Waals surface area contributed by atoms with E-state index in [2.05, 4.69) is 9.97 Å². The van der Waals surface area contributed by atoms with E-state index in [1.54, 1.807) is 6.20 Å². The predicted octanol–water partition coefficient (Wildman–Crippen LogP) is -0.0768. The maximum absolute atomic E-state index is 9.97. The second-order valence-electron chi connectivity index (χ2n) is 2.79. The van der Waals surface area contributed by atoms with Crippen LogP contribution in [0.2, 0.25) is 0 Å². The molecule has 1 unspecified atom stereocenters. The number of aromatic nitrogens is 2. The summed E-state index contributed by atoms with van der Waals surface area (Å²) in [5, 5.41) is 16.1. The van der Waals surface area contributed by atoms with E-state index >= 15 is 0 Å². The number of imidazole rings is 1. The van der Waals surface area contributed by atoms with E-state index in [-0.39, 0.29) is 19.5 Å². The number of hydrogen-bond donors (Lipinski definition) is 4. The number of carboxylic acid groups (broad SMARTS) is 2. The molecule has 8 heteroatoms. The summed E-state index contributed by atoms with van der Waals surface area (Å²) >= 11 is 0. The molecule has 0 aliphatic carbocycles. The van der Waals surface area contributed by atoms with Crippen LogP contribution < -0.4 is 5.73 Å². The number of nitrogens with two attached hydrogens (primary N) is 1. The number of H-pyrrole nitrogens is 1. The third kappa shape index (κ3) is 10.7. The molecule has 17 heavy (non-hydrogen) atoms. The molecule has 0 radical (unpaired) electrons. The van der Waals surface area contributed by atoms with E-state index < -0.39 is 18.0 Å². The van der Waals surface area contributed by atoms with Crippen LogP contribution in [0.1, 0.15) is 12.6 Å². The van der Waals surface area contributed by atoms with Crippen LogP contribution in [-0.4, -0.2) is 38.2 Å². The van der Waals surface area contributed by atoms with Gasteiger partial charge in [-0.1, -0.05) is 0 Å². The van der Waals surface area contributed by atoms with E-state index in [1.807, 2.05) is 0 Å². The standard InChI is InChI=1S/C6H6N2O2.C3H7NO2.Zn/c9-6(10)2-1-5-3-7-4-8-5;1-2(4)3(5)6;/h1-4H,(H,7,8)(H,9,10);2H,4H2,1H3,(H,5,6);/b2-1-;;. The van der Waals surface area contributed by atoms with Gasteiger partial charge in [-0.3, -0.25) is 4.79 Å². The van der Waals surface area contributed by atoms with Crippen LogP contribution in [0.4, 0.5) is 0 Å². The monoisotopic (exact) mass is 291 g/mol. The maximum atomic E-state index is 9.97. The largest absolute Gasteiger partial charge is 0.480 e. The van der Waals surface area contributed by atoms with Crippen molar-refractivity contribution in [1.29, 1.82) is 0 Å². The molecule has 1 rings (SSSR count). The summed E-state index contributed by atoms with van der Waals surface area (Å²) in [4.78, 5) is 26.0. The van der Waals surface area contributed by atoms with Crippen molar-refractivity contribution in [3.63, 3.8) is 0 Å². The van der Waals surface area contributed by atoms with Crippen LogP contribution in [-0.2, 0) is 29.1 Å². The Balaban J connectivity index is 0. The van der Waals surface area contributed by atoms with Gasteiger partial charge in [0.2, 0.25) is 0 Å². The molecule has 0 aliphatic heterocycles. The minimum absolute atomic E-state index is 0. The van der Waals surface area contributed by atoms with Crippen LogP contribution in [0.5, 0.6) is 0 Å². The molecule has 0 bridgehead atoms. The Bertz CT molecular complexity index is 362. The zero-order valence-electron chi connectivity index (χ0n) is 9.33. The number of nitrogens with zero attached hydrogens (tertiary/aromatic N) is 1. The van der Waals surface area contributed by atoms with Crippen molar-refractivity contribution >= 4 is 18.0 Å². The molecule has 0 aliphatic rings. The van der Waals surface area contributed by atoms with Crippen LogP contribution in [0.3, 0.4) is 0 Å². The maximum Gasteiger partial charge on any atom is 0.328 e. The van der Waals surface area contributed by atoms with Gasteiger partial charge in [0, 0.05) is 31.8 Å². The fourth-order valence-corrected chi connectivity index (χ4v) is 0.520. The zero-order chi connectivity index (χ0) is 12.6. The number of carboxylic acids is 2. The Morgan fingerprint density at radius 3 is 2.35 bits per heavy atom. The molecule has 7 nitrogen and oxygen atoms in total. The Labute approximate surface area is 111 Å². The van der Waals surface area contributed by atoms with Gasteiger partial charge in [-0.2, -0.15) is 0 Å². The molecule has 1 heterocycles. The summed E-state index contributed by atoms with van der Waals surface area (Å²) in [7, 11) is 0. The minimum Gasteiger partial charge on any atom is -0.480 e. The SMILES string of the molecule is CC(N)C(=O)O.O=C(O)/C=C\c1c[nH]cn1.[Zn]. The van der Waals surface area contributed by atoms with Crippen molar-refractivity contribution in [2.24, 2.45) is 5.73 Å². The van der Waals surface area contributed by atoms with Gasteiger partial charge in [-0.25, -0.2) is 9.78 Å². The van der Waals surface area contributed by atoms with Crippen LogP contribution in [0.25, 0.3) is 6.08 Å². The third-order valence-electron chi connectivity index (χ3n) is 1.31. The summed E-state index contributed by atoms with van der Waals surface area (Å²) in [5.41, 5.74) is 5.45. The van der Waals surface area contributed by atoms with Crippen molar-refractivity contribution in [2.75, 3.05) is 0 Å². The Morgan fingerprint density at radius 2 is 2.06 bits per heavy atom. The minimum atomic E-state index is -0.969. The summed E-state index contributed by atoms with van der Waals surface area (Å²) in [6.45, 7) is 1.42. The van der Waals surface area contributed by atoms with Gasteiger partial charge in [0.1, 0.15) is 6.04 Å². The topological polar surface area (TPSA) is 129 Å². The first-order valence-electron chi connectivity index (χ1n) is 4.31. The predicted molar refractivity (Wildman–Crippen MR) is 56.5 cm³/mol. The Hall–Kier alpha value is -1.53. The van der Waals surface area contributed by atoms with E-state index in [9.17, 15) is 9.59 Å². The van der Waals surface area contributed by atoms with Crippen molar-refractivity contribution in [3.8, 4) is 0 Å². The third-order valence-corrected chi connectivity index (χ3v) is 1.31. The first kappa shape index (κ1) is 17.9. The number of aromatic amines is 1. The quantitative estimate of drug-likeness (QED) is 0.455. The molecule has 0 amide bonds. The second-order valence-corrected chi connectivity index (χ2v) is 2.79. The second kappa shape index (κ2) is 9.68. The number of nitrogens with one attached hydrogen (secondary N) is 1. The Morgan fingerprint density at radius 1 is 1.53 bits per heavy atom. The van der Waals surface area contributed by atoms with Gasteiger partial charge in [0.25, 0.3) is 0 Å². The van der Waals surface area contributed by atoms with Crippen LogP contribution in [0.15, 0.2) is 18.6 Å². The number of rotatable bonds is 3. The van der Waals surface area contributed by atoms with Crippen molar-refractivity contribution in [1.82, 2.24) is 9.97 Å². The molecule has 0 fully saturated rings. The molecule has 0 aromatic carbocycles. The normalized spacial score (nSPS) is 10.9. The smallest absolute Gasteiger partial charge is 0.328 e. The number of hydrogen-bond acceptors (Lipinski definition) is 4. The first-order chi connectivity index (χ1) is 7.43. The molecule has 90 valence electrons. The first-order valence-corrected chi connectivity index (χ1v) is 4.31. The molecular weight excluding hydrogens is 280 g/mol. The molecule has 0 saturated heterocycles. The summed E-state index contributed by atoms with van der Waals surface area (Å²) in [6.07, 6.45) is 5.55. The fraction of sp³-hybridized carbons (Fsp3) is 0.222. The van der Waals surface area contributed by atoms with E-state index in [1.165, 1.54) is 19.3 Å². The Kier molecular flexibility index (Phi) is 10.2. The molecule has 1 atom stereocenters. The van der Waals surface area contributed by atoms with Gasteiger partial charge >= 0.3 is 11.9 Å². The molecule has 0 saturated carbocycles. The van der Waals surface area contributed by atoms with Gasteiger partial charge in [0.05, 0.1) is 12.0 Å². The molecule has 0 spiro atoms. The number of carbonyl (C=O) groups is 2. The summed E-state index contributed by atoms with van der Waals surface area (Å²) in [5.74, 6) is -1.93. The van der Waals surface area contributed by atoms with Crippen LogP contribution in [0, 0.1) is 0 Å². The molecular formula is C9H13N3O4Zn. The van der Waals surface area contributed by atoms with Crippen LogP contribution >= 0.6 is 0 Å². The van der Waals surface area contributed by atoms with Crippen molar-refractivity contribution in [3.05, 3.63) is 24.3 Å². The molecule has 1 aromatic heterocycles. The van der Waals surface area contributed by atoms with Crippen molar-refractivity contribution in [2.45, 2.75) is 13.0 Å². The van der Waals surface area contributed by atoms with Gasteiger partial charge in [-0.05, 0) is 13.0 Å². The zero-order valence-corrected chi connectivity index (χ0v) is 12.3. The average molecular weight is 293 g/mol. The van der Waals surface area contributed by atoms with Gasteiger partial charge < -0.3 is 20.9 Å². The van der Waals surface area contributed by atoms with E-state index in [4.69, 9.17) is 15.9 Å².